The van der Waals surface area contributed by atoms with Gasteiger partial charge in [0.05, 0.1) is 0 Å². The smallest absolute Gasteiger partial charge is 0.169 e. The summed E-state index contributed by atoms with van der Waals surface area (Å²) in [6.07, 6.45) is 3.32. The molecule has 1 aliphatic rings. The molecule has 0 saturated heterocycles. The summed E-state index contributed by atoms with van der Waals surface area (Å²) in [7, 11) is 0. The van der Waals surface area contributed by atoms with E-state index in [1.54, 1.807) is 0 Å². The van der Waals surface area contributed by atoms with Crippen LogP contribution in [0.25, 0.3) is 0 Å². The first kappa shape index (κ1) is 13.9. The Labute approximate surface area is 98.3 Å². The summed E-state index contributed by atoms with van der Waals surface area (Å²) in [4.78, 5) is 0. The van der Waals surface area contributed by atoms with Gasteiger partial charge in [-0.25, -0.2) is 0 Å². The molecule has 1 saturated carbocycles. The Hall–Kier alpha value is -0.160. The first-order valence-corrected chi connectivity index (χ1v) is 6.39. The molecule has 0 bridgehead atoms. The standard InChI is InChI=1S/C12H25NO3/c1-3-15-12(16-4-2)8-13-11-7-5-6-10(11)9-14/h10-14H,3-9H2,1-2H3. The van der Waals surface area contributed by atoms with Gasteiger partial charge in [0.15, 0.2) is 6.29 Å². The van der Waals surface area contributed by atoms with Crippen molar-refractivity contribution in [1.82, 2.24) is 5.32 Å². The number of aliphatic hydroxyl groups excluding tert-OH is 1. The number of rotatable bonds is 8. The van der Waals surface area contributed by atoms with Gasteiger partial charge in [-0.1, -0.05) is 6.42 Å². The van der Waals surface area contributed by atoms with Crippen LogP contribution in [0.5, 0.6) is 0 Å². The first-order chi connectivity index (χ1) is 7.81. The number of hydrogen-bond acceptors (Lipinski definition) is 4. The second-order valence-corrected chi connectivity index (χ2v) is 4.23. The zero-order valence-electron chi connectivity index (χ0n) is 10.4. The molecule has 16 heavy (non-hydrogen) atoms. The van der Waals surface area contributed by atoms with E-state index in [0.29, 0.717) is 31.7 Å². The molecule has 1 rings (SSSR count). The van der Waals surface area contributed by atoms with Crippen LogP contribution in [0.1, 0.15) is 33.1 Å². The van der Waals surface area contributed by atoms with Crippen LogP contribution in [-0.4, -0.2) is 43.8 Å². The quantitative estimate of drug-likeness (QED) is 0.615. The van der Waals surface area contributed by atoms with E-state index < -0.39 is 0 Å². The molecule has 1 aliphatic carbocycles. The maximum atomic E-state index is 9.21. The third-order valence-corrected chi connectivity index (χ3v) is 3.15. The van der Waals surface area contributed by atoms with E-state index in [1.165, 1.54) is 6.42 Å². The van der Waals surface area contributed by atoms with Gasteiger partial charge in [-0.2, -0.15) is 0 Å². The number of nitrogens with one attached hydrogen (secondary N) is 1. The van der Waals surface area contributed by atoms with Crippen molar-refractivity contribution < 1.29 is 14.6 Å². The third-order valence-electron chi connectivity index (χ3n) is 3.15. The van der Waals surface area contributed by atoms with E-state index in [2.05, 4.69) is 5.32 Å². The zero-order valence-corrected chi connectivity index (χ0v) is 10.4. The summed E-state index contributed by atoms with van der Waals surface area (Å²) < 4.78 is 10.9. The van der Waals surface area contributed by atoms with Gasteiger partial charge in [-0.15, -0.1) is 0 Å². The maximum absolute atomic E-state index is 9.21. The van der Waals surface area contributed by atoms with Gasteiger partial charge in [0.1, 0.15) is 0 Å². The van der Waals surface area contributed by atoms with Crippen molar-refractivity contribution in [2.24, 2.45) is 5.92 Å². The lowest BCUT2D eigenvalue weighted by atomic mass is 10.1. The molecule has 4 heteroatoms. The molecule has 0 heterocycles. The molecule has 0 aromatic heterocycles. The summed E-state index contributed by atoms with van der Waals surface area (Å²) in [6.45, 7) is 6.27. The highest BCUT2D eigenvalue weighted by molar-refractivity contribution is 4.82. The van der Waals surface area contributed by atoms with Crippen molar-refractivity contribution in [3.8, 4) is 0 Å². The van der Waals surface area contributed by atoms with Gasteiger partial charge in [0.25, 0.3) is 0 Å². The predicted octanol–water partition coefficient (Wildman–Crippen LogP) is 1.14. The molecular formula is C12H25NO3. The fourth-order valence-electron chi connectivity index (χ4n) is 2.31. The monoisotopic (exact) mass is 231 g/mol. The van der Waals surface area contributed by atoms with Crippen LogP contribution >= 0.6 is 0 Å². The molecule has 96 valence electrons. The highest BCUT2D eigenvalue weighted by Gasteiger charge is 2.26. The molecular weight excluding hydrogens is 206 g/mol. The lowest BCUT2D eigenvalue weighted by molar-refractivity contribution is -0.134. The van der Waals surface area contributed by atoms with Crippen molar-refractivity contribution in [3.63, 3.8) is 0 Å². The third kappa shape index (κ3) is 4.37. The van der Waals surface area contributed by atoms with Crippen molar-refractivity contribution in [2.75, 3.05) is 26.4 Å². The van der Waals surface area contributed by atoms with Gasteiger partial charge in [-0.3, -0.25) is 0 Å². The molecule has 0 amide bonds. The van der Waals surface area contributed by atoms with Gasteiger partial charge in [-0.05, 0) is 32.6 Å². The van der Waals surface area contributed by atoms with Crippen molar-refractivity contribution in [1.29, 1.82) is 0 Å². The van der Waals surface area contributed by atoms with Crippen LogP contribution in [0, 0.1) is 5.92 Å². The Bertz CT molecular complexity index is 172. The predicted molar refractivity (Wildman–Crippen MR) is 63.3 cm³/mol. The SMILES string of the molecule is CCOC(CNC1CCCC1CO)OCC. The Morgan fingerprint density at radius 1 is 1.25 bits per heavy atom. The largest absolute Gasteiger partial charge is 0.396 e. The van der Waals surface area contributed by atoms with Crippen LogP contribution in [-0.2, 0) is 9.47 Å². The molecule has 4 nitrogen and oxygen atoms in total. The minimum atomic E-state index is -0.157. The average molecular weight is 231 g/mol. The summed E-state index contributed by atoms with van der Waals surface area (Å²) in [6, 6.07) is 0.424. The highest BCUT2D eigenvalue weighted by Crippen LogP contribution is 2.24. The van der Waals surface area contributed by atoms with Crippen LogP contribution in [0.2, 0.25) is 0 Å². The van der Waals surface area contributed by atoms with E-state index in [9.17, 15) is 5.11 Å². The fourth-order valence-corrected chi connectivity index (χ4v) is 2.31. The molecule has 2 unspecified atom stereocenters. The molecule has 0 aromatic carbocycles. The van der Waals surface area contributed by atoms with E-state index in [1.807, 2.05) is 13.8 Å². The fraction of sp³-hybridized carbons (Fsp3) is 1.00. The first-order valence-electron chi connectivity index (χ1n) is 6.39. The van der Waals surface area contributed by atoms with E-state index in [0.717, 1.165) is 12.8 Å². The molecule has 1 fully saturated rings. The van der Waals surface area contributed by atoms with E-state index in [4.69, 9.17) is 9.47 Å². The van der Waals surface area contributed by atoms with Gasteiger partial charge < -0.3 is 19.9 Å². The zero-order chi connectivity index (χ0) is 11.8. The lowest BCUT2D eigenvalue weighted by Gasteiger charge is -2.23. The normalized spacial score (nSPS) is 25.5. The van der Waals surface area contributed by atoms with E-state index in [-0.39, 0.29) is 12.9 Å². The number of hydrogen-bond donors (Lipinski definition) is 2. The summed E-state index contributed by atoms with van der Waals surface area (Å²) in [5.74, 6) is 0.406. The van der Waals surface area contributed by atoms with Gasteiger partial charge >= 0.3 is 0 Å². The van der Waals surface area contributed by atoms with Crippen LogP contribution in [0.4, 0.5) is 0 Å². The Morgan fingerprint density at radius 2 is 1.94 bits per heavy atom. The topological polar surface area (TPSA) is 50.7 Å². The second kappa shape index (κ2) is 8.01. The molecule has 0 spiro atoms. The van der Waals surface area contributed by atoms with E-state index >= 15 is 0 Å². The Kier molecular flexibility index (Phi) is 6.96. The second-order valence-electron chi connectivity index (χ2n) is 4.23. The Balaban J connectivity index is 2.24. The lowest BCUT2D eigenvalue weighted by Crippen LogP contribution is -2.40. The summed E-state index contributed by atoms with van der Waals surface area (Å²) in [5.41, 5.74) is 0. The average Bonchev–Trinajstić information content (AvgIpc) is 2.74. The summed E-state index contributed by atoms with van der Waals surface area (Å²) in [5, 5.41) is 12.6. The van der Waals surface area contributed by atoms with Crippen molar-refractivity contribution >= 4 is 0 Å². The Morgan fingerprint density at radius 3 is 2.50 bits per heavy atom. The maximum Gasteiger partial charge on any atom is 0.169 e. The molecule has 2 N–H and O–H groups in total. The molecule has 0 aromatic rings. The molecule has 0 radical (unpaired) electrons. The number of aliphatic hydroxyl groups is 1. The minimum absolute atomic E-state index is 0.157. The summed E-state index contributed by atoms with van der Waals surface area (Å²) >= 11 is 0. The minimum Gasteiger partial charge on any atom is -0.396 e. The van der Waals surface area contributed by atoms with Crippen molar-refractivity contribution in [3.05, 3.63) is 0 Å². The van der Waals surface area contributed by atoms with Gasteiger partial charge in [0, 0.05) is 32.4 Å². The van der Waals surface area contributed by atoms with Crippen LogP contribution < -0.4 is 5.32 Å². The molecule has 2 atom stereocenters. The van der Waals surface area contributed by atoms with Crippen LogP contribution in [0.15, 0.2) is 0 Å². The van der Waals surface area contributed by atoms with Crippen LogP contribution in [0.3, 0.4) is 0 Å². The highest BCUT2D eigenvalue weighted by atomic mass is 16.7. The number of ether oxygens (including phenoxy) is 2. The van der Waals surface area contributed by atoms with Crippen molar-refractivity contribution in [2.45, 2.75) is 45.4 Å². The molecule has 0 aliphatic heterocycles. The van der Waals surface area contributed by atoms with Gasteiger partial charge in [0.2, 0.25) is 0 Å².